The van der Waals surface area contributed by atoms with Crippen molar-refractivity contribution in [3.63, 3.8) is 0 Å². The molecule has 1 aromatic carbocycles. The van der Waals surface area contributed by atoms with Crippen molar-refractivity contribution < 1.29 is 9.32 Å². The fraction of sp³-hybridized carbons (Fsp3) is 0.273. The molecule has 0 unspecified atom stereocenters. The van der Waals surface area contributed by atoms with Crippen LogP contribution in [-0.4, -0.2) is 35.8 Å². The van der Waals surface area contributed by atoms with Crippen LogP contribution in [0.15, 0.2) is 53.4 Å². The Morgan fingerprint density at radius 2 is 2.00 bits per heavy atom. The molecule has 0 saturated heterocycles. The third-order valence-electron chi connectivity index (χ3n) is 5.52. The van der Waals surface area contributed by atoms with Crippen molar-refractivity contribution >= 4 is 11.6 Å². The van der Waals surface area contributed by atoms with Crippen molar-refractivity contribution in [2.45, 2.75) is 37.6 Å². The number of carbonyl (C=O) groups is 1. The molecule has 3 heterocycles. The summed E-state index contributed by atoms with van der Waals surface area (Å²) in [5.74, 6) is 2.03. The molecule has 31 heavy (non-hydrogen) atoms. The van der Waals surface area contributed by atoms with E-state index in [1.807, 2.05) is 24.3 Å². The summed E-state index contributed by atoms with van der Waals surface area (Å²) >= 11 is 0. The predicted octanol–water partition coefficient (Wildman–Crippen LogP) is 3.85. The van der Waals surface area contributed by atoms with E-state index in [0.29, 0.717) is 29.1 Å². The van der Waals surface area contributed by atoms with Crippen molar-refractivity contribution in [2.24, 2.45) is 0 Å². The molecule has 9 heteroatoms. The monoisotopic (exact) mass is 413 g/mol. The summed E-state index contributed by atoms with van der Waals surface area (Å²) in [4.78, 5) is 21.5. The molecule has 3 aromatic heterocycles. The molecule has 0 spiro atoms. The van der Waals surface area contributed by atoms with Crippen LogP contribution in [-0.2, 0) is 0 Å². The van der Waals surface area contributed by atoms with Crippen molar-refractivity contribution in [3.05, 3.63) is 60.4 Å². The third kappa shape index (κ3) is 3.58. The van der Waals surface area contributed by atoms with Crippen LogP contribution < -0.4 is 5.32 Å². The van der Waals surface area contributed by atoms with Crippen LogP contribution in [0.2, 0.25) is 0 Å². The van der Waals surface area contributed by atoms with Crippen LogP contribution in [0.25, 0.3) is 22.8 Å². The molecule has 2 aliphatic rings. The zero-order chi connectivity index (χ0) is 20.8. The molecule has 9 nitrogen and oxygen atoms in total. The van der Waals surface area contributed by atoms with Gasteiger partial charge in [0, 0.05) is 35.0 Å². The maximum atomic E-state index is 12.8. The minimum Gasteiger partial charge on any atom is -0.334 e. The number of carbonyl (C=O) groups excluding carboxylic acids is 1. The Morgan fingerprint density at radius 1 is 1.10 bits per heavy atom. The lowest BCUT2D eigenvalue weighted by Crippen LogP contribution is -2.13. The summed E-state index contributed by atoms with van der Waals surface area (Å²) in [7, 11) is 0. The highest BCUT2D eigenvalue weighted by Crippen LogP contribution is 2.39. The molecular weight excluding hydrogens is 394 g/mol. The summed E-state index contributed by atoms with van der Waals surface area (Å²) in [5.41, 5.74) is 2.51. The summed E-state index contributed by atoms with van der Waals surface area (Å²) < 4.78 is 7.45. The lowest BCUT2D eigenvalue weighted by molar-refractivity contribution is 0.102. The van der Waals surface area contributed by atoms with Gasteiger partial charge in [-0.25, -0.2) is 0 Å². The van der Waals surface area contributed by atoms with Gasteiger partial charge in [-0.05, 0) is 49.9 Å². The summed E-state index contributed by atoms with van der Waals surface area (Å²) in [6.45, 7) is 0. The molecule has 0 radical (unpaired) electrons. The molecule has 154 valence electrons. The van der Waals surface area contributed by atoms with E-state index in [2.05, 4.69) is 35.2 Å². The van der Waals surface area contributed by atoms with Gasteiger partial charge in [-0.3, -0.25) is 9.78 Å². The Hall–Kier alpha value is -3.88. The van der Waals surface area contributed by atoms with E-state index in [1.54, 1.807) is 24.7 Å². The summed E-state index contributed by atoms with van der Waals surface area (Å²) in [6, 6.07) is 11.5. The van der Waals surface area contributed by atoms with Crippen molar-refractivity contribution in [1.29, 1.82) is 0 Å². The van der Waals surface area contributed by atoms with Crippen LogP contribution >= 0.6 is 0 Å². The van der Waals surface area contributed by atoms with Gasteiger partial charge in [0.05, 0.1) is 0 Å². The quantitative estimate of drug-likeness (QED) is 0.511. The Balaban J connectivity index is 1.22. The number of nitrogens with one attached hydrogen (secondary N) is 1. The van der Waals surface area contributed by atoms with Gasteiger partial charge in [-0.15, -0.1) is 10.2 Å². The molecule has 1 amide bonds. The van der Waals surface area contributed by atoms with E-state index >= 15 is 0 Å². The van der Waals surface area contributed by atoms with E-state index in [4.69, 9.17) is 4.52 Å². The van der Waals surface area contributed by atoms with Gasteiger partial charge in [-0.2, -0.15) is 4.98 Å². The smallest absolute Gasteiger partial charge is 0.274 e. The van der Waals surface area contributed by atoms with E-state index < -0.39 is 0 Å². The number of hydrogen-bond acceptors (Lipinski definition) is 7. The summed E-state index contributed by atoms with van der Waals surface area (Å²) in [6.07, 6.45) is 7.81. The molecule has 4 aromatic rings. The van der Waals surface area contributed by atoms with E-state index in [-0.39, 0.29) is 11.6 Å². The standard InChI is InChI=1S/C22H19N7O2/c30-21(18-11-15(8-9-23-18)22-26-19(28-31-22)13-4-5-13)25-16-3-1-2-14(10-16)20-27-24-12-29(20)17-6-7-17/h1-3,8-13,17H,4-7H2,(H,25,30). The van der Waals surface area contributed by atoms with Crippen LogP contribution in [0, 0.1) is 0 Å². The van der Waals surface area contributed by atoms with Crippen LogP contribution in [0.5, 0.6) is 0 Å². The topological polar surface area (TPSA) is 112 Å². The molecule has 6 rings (SSSR count). The number of rotatable bonds is 6. The Labute approximate surface area is 177 Å². The van der Waals surface area contributed by atoms with E-state index in [1.165, 1.54) is 0 Å². The zero-order valence-corrected chi connectivity index (χ0v) is 16.6. The molecule has 2 aliphatic carbocycles. The van der Waals surface area contributed by atoms with Crippen LogP contribution in [0.3, 0.4) is 0 Å². The van der Waals surface area contributed by atoms with Gasteiger partial charge < -0.3 is 14.4 Å². The highest BCUT2D eigenvalue weighted by atomic mass is 16.5. The number of aromatic nitrogens is 6. The van der Waals surface area contributed by atoms with Crippen LogP contribution in [0.1, 0.15) is 54.0 Å². The Morgan fingerprint density at radius 3 is 2.84 bits per heavy atom. The molecule has 0 atom stereocenters. The largest absolute Gasteiger partial charge is 0.334 e. The normalized spacial score (nSPS) is 15.7. The minimum atomic E-state index is -0.315. The fourth-order valence-electron chi connectivity index (χ4n) is 3.55. The first-order valence-corrected chi connectivity index (χ1v) is 10.4. The zero-order valence-electron chi connectivity index (χ0n) is 16.6. The molecule has 2 fully saturated rings. The van der Waals surface area contributed by atoms with Crippen molar-refractivity contribution in [3.8, 4) is 22.8 Å². The summed E-state index contributed by atoms with van der Waals surface area (Å²) in [5, 5.41) is 15.2. The van der Waals surface area contributed by atoms with Crippen LogP contribution in [0.4, 0.5) is 5.69 Å². The number of hydrogen-bond donors (Lipinski definition) is 1. The highest BCUT2D eigenvalue weighted by Gasteiger charge is 2.29. The van der Waals surface area contributed by atoms with Gasteiger partial charge in [0.2, 0.25) is 0 Å². The lowest BCUT2D eigenvalue weighted by atomic mass is 10.1. The Bertz CT molecular complexity index is 1270. The lowest BCUT2D eigenvalue weighted by Gasteiger charge is -2.08. The van der Waals surface area contributed by atoms with Gasteiger partial charge in [0.1, 0.15) is 12.0 Å². The number of amides is 1. The second-order valence-electron chi connectivity index (χ2n) is 7.99. The second kappa shape index (κ2) is 7.12. The average Bonchev–Trinajstić information content (AvgIpc) is 3.73. The maximum Gasteiger partial charge on any atom is 0.274 e. The SMILES string of the molecule is O=C(Nc1cccc(-c2nncn2C2CC2)c1)c1cc(-c2nc(C3CC3)no2)ccn1. The predicted molar refractivity (Wildman–Crippen MR) is 111 cm³/mol. The van der Waals surface area contributed by atoms with E-state index in [0.717, 1.165) is 42.9 Å². The maximum absolute atomic E-state index is 12.8. The third-order valence-corrected chi connectivity index (χ3v) is 5.52. The van der Waals surface area contributed by atoms with Crippen molar-refractivity contribution in [2.75, 3.05) is 5.32 Å². The van der Waals surface area contributed by atoms with Gasteiger partial charge >= 0.3 is 0 Å². The Kier molecular flexibility index (Phi) is 4.12. The van der Waals surface area contributed by atoms with Gasteiger partial charge in [0.15, 0.2) is 11.6 Å². The van der Waals surface area contributed by atoms with Gasteiger partial charge in [0.25, 0.3) is 11.8 Å². The van der Waals surface area contributed by atoms with Gasteiger partial charge in [-0.1, -0.05) is 17.3 Å². The second-order valence-corrected chi connectivity index (χ2v) is 7.99. The molecule has 0 aliphatic heterocycles. The van der Waals surface area contributed by atoms with E-state index in [9.17, 15) is 4.79 Å². The number of benzene rings is 1. The average molecular weight is 413 g/mol. The number of anilines is 1. The molecular formula is C22H19N7O2. The first kappa shape index (κ1) is 17.9. The first-order valence-electron chi connectivity index (χ1n) is 10.4. The molecule has 1 N–H and O–H groups in total. The molecule has 0 bridgehead atoms. The van der Waals surface area contributed by atoms with Crippen molar-refractivity contribution in [1.82, 2.24) is 29.9 Å². The number of nitrogens with zero attached hydrogens (tertiary/aromatic N) is 6. The molecule has 2 saturated carbocycles. The first-order chi connectivity index (χ1) is 15.2. The number of pyridine rings is 1. The highest BCUT2D eigenvalue weighted by molar-refractivity contribution is 6.03. The minimum absolute atomic E-state index is 0.273. The fourth-order valence-corrected chi connectivity index (χ4v) is 3.55.